The van der Waals surface area contributed by atoms with Crippen molar-refractivity contribution in [1.82, 2.24) is 4.98 Å². The van der Waals surface area contributed by atoms with Gasteiger partial charge in [0.1, 0.15) is 11.0 Å². The highest BCUT2D eigenvalue weighted by atomic mass is 35.7. The van der Waals surface area contributed by atoms with Gasteiger partial charge in [-0.1, -0.05) is 0 Å². The minimum absolute atomic E-state index is 0.386. The maximum atomic E-state index is 12.0. The van der Waals surface area contributed by atoms with E-state index in [4.69, 9.17) is 21.7 Å². The molecule has 11 heteroatoms. The fourth-order valence-corrected chi connectivity index (χ4v) is 1.89. The quantitative estimate of drug-likeness (QED) is 0.827. The number of alkyl halides is 3. The zero-order valence-corrected chi connectivity index (χ0v) is 9.77. The first kappa shape index (κ1) is 14.3. The fraction of sp³-hybridized carbons (Fsp3) is 0.143. The predicted octanol–water partition coefficient (Wildman–Crippen LogP) is 1.36. The molecule has 0 aromatic carbocycles. The van der Waals surface area contributed by atoms with E-state index in [0.29, 0.717) is 6.07 Å². The number of halogens is 4. The van der Waals surface area contributed by atoms with Crippen LogP contribution in [-0.2, 0) is 9.05 Å². The van der Waals surface area contributed by atoms with Crippen LogP contribution in [0.2, 0.25) is 0 Å². The number of pyridine rings is 1. The number of nitrogen functional groups attached to an aromatic ring is 1. The summed E-state index contributed by atoms with van der Waals surface area (Å²) in [5, 5.41) is 8.58. The highest BCUT2D eigenvalue weighted by molar-refractivity contribution is 8.13. The van der Waals surface area contributed by atoms with Gasteiger partial charge in [0.05, 0.1) is 0 Å². The maximum absolute atomic E-state index is 12.0. The normalized spacial score (nSPS) is 11.9. The number of aromatic nitrogens is 1. The summed E-state index contributed by atoms with van der Waals surface area (Å²) >= 11 is 0. The summed E-state index contributed by atoms with van der Waals surface area (Å²) in [7, 11) is 0.485. The third-order valence-electron chi connectivity index (χ3n) is 1.57. The van der Waals surface area contributed by atoms with Gasteiger partial charge in [0, 0.05) is 16.7 Å². The van der Waals surface area contributed by atoms with Crippen molar-refractivity contribution in [3.63, 3.8) is 0 Å². The molecule has 0 atom stereocenters. The largest absolute Gasteiger partial charge is 0.573 e. The van der Waals surface area contributed by atoms with Gasteiger partial charge in [0.15, 0.2) is 17.3 Å². The van der Waals surface area contributed by atoms with Crippen molar-refractivity contribution < 1.29 is 26.3 Å². The molecule has 0 spiro atoms. The summed E-state index contributed by atoms with van der Waals surface area (Å²) in [6, 6.07) is 1.73. The van der Waals surface area contributed by atoms with E-state index >= 15 is 0 Å². The first-order valence-corrected chi connectivity index (χ1v) is 6.26. The summed E-state index contributed by atoms with van der Waals surface area (Å²) in [4.78, 5) is 2.25. The van der Waals surface area contributed by atoms with Crippen LogP contribution < -0.4 is 10.5 Å². The fourth-order valence-electron chi connectivity index (χ4n) is 0.964. The van der Waals surface area contributed by atoms with Gasteiger partial charge in [0.2, 0.25) is 0 Å². The number of anilines is 1. The molecule has 1 rings (SSSR count). The van der Waals surface area contributed by atoms with Gasteiger partial charge in [-0.25, -0.2) is 13.4 Å². The Morgan fingerprint density at radius 2 is 2.06 bits per heavy atom. The Hall–Kier alpha value is -1.73. The minimum atomic E-state index is -5.09. The average molecular weight is 302 g/mol. The van der Waals surface area contributed by atoms with Crippen LogP contribution in [0.4, 0.5) is 19.0 Å². The SMILES string of the molecule is N#Cc1nc(N)c(OC(F)(F)F)cc1S(=O)(=O)Cl. The lowest BCUT2D eigenvalue weighted by Crippen LogP contribution is -2.19. The molecule has 2 N–H and O–H groups in total. The van der Waals surface area contributed by atoms with Crippen molar-refractivity contribution in [3.05, 3.63) is 11.8 Å². The van der Waals surface area contributed by atoms with Crippen molar-refractivity contribution in [3.8, 4) is 11.8 Å². The van der Waals surface area contributed by atoms with E-state index in [9.17, 15) is 21.6 Å². The van der Waals surface area contributed by atoms with Gasteiger partial charge in [-0.15, -0.1) is 13.2 Å². The van der Waals surface area contributed by atoms with E-state index in [2.05, 4.69) is 9.72 Å². The van der Waals surface area contributed by atoms with Crippen LogP contribution in [0.25, 0.3) is 0 Å². The first-order chi connectivity index (χ1) is 8.04. The average Bonchev–Trinajstić information content (AvgIpc) is 2.16. The minimum Gasteiger partial charge on any atom is -0.402 e. The first-order valence-electron chi connectivity index (χ1n) is 3.95. The molecule has 1 aromatic rings. The Kier molecular flexibility index (Phi) is 3.59. The topological polar surface area (TPSA) is 106 Å². The van der Waals surface area contributed by atoms with E-state index in [0.717, 1.165) is 0 Å². The molecule has 0 amide bonds. The molecule has 98 valence electrons. The molecular formula is C7H3ClF3N3O3S. The maximum Gasteiger partial charge on any atom is 0.573 e. The van der Waals surface area contributed by atoms with Gasteiger partial charge < -0.3 is 10.5 Å². The van der Waals surface area contributed by atoms with E-state index in [1.165, 1.54) is 6.07 Å². The number of rotatable bonds is 2. The molecule has 0 radical (unpaired) electrons. The van der Waals surface area contributed by atoms with Crippen molar-refractivity contribution in [1.29, 1.82) is 5.26 Å². The lowest BCUT2D eigenvalue weighted by molar-refractivity contribution is -0.274. The summed E-state index contributed by atoms with van der Waals surface area (Å²) in [6.07, 6.45) is -5.09. The van der Waals surface area contributed by atoms with Crippen LogP contribution in [0, 0.1) is 11.3 Å². The molecular weight excluding hydrogens is 299 g/mol. The highest BCUT2D eigenvalue weighted by Crippen LogP contribution is 2.31. The number of ether oxygens (including phenoxy) is 1. The zero-order chi connectivity index (χ0) is 14.1. The highest BCUT2D eigenvalue weighted by Gasteiger charge is 2.33. The van der Waals surface area contributed by atoms with Crippen LogP contribution in [0.15, 0.2) is 11.0 Å². The molecule has 0 unspecified atom stereocenters. The van der Waals surface area contributed by atoms with E-state index in [1.807, 2.05) is 0 Å². The van der Waals surface area contributed by atoms with E-state index in [-0.39, 0.29) is 0 Å². The van der Waals surface area contributed by atoms with E-state index in [1.54, 1.807) is 0 Å². The van der Waals surface area contributed by atoms with Crippen LogP contribution >= 0.6 is 10.7 Å². The van der Waals surface area contributed by atoms with Crippen molar-refractivity contribution in [2.45, 2.75) is 11.3 Å². The number of nitrogens with two attached hydrogens (primary N) is 1. The molecule has 1 aromatic heterocycles. The molecule has 0 aliphatic heterocycles. The monoisotopic (exact) mass is 301 g/mol. The van der Waals surface area contributed by atoms with Crippen molar-refractivity contribution >= 4 is 25.6 Å². The van der Waals surface area contributed by atoms with Crippen LogP contribution in [0.3, 0.4) is 0 Å². The third kappa shape index (κ3) is 3.38. The molecule has 0 bridgehead atoms. The standard InChI is InChI=1S/C7H3ClF3N3O3S/c8-18(15,16)5-1-4(17-7(9,10)11)6(13)14-3(5)2-12/h1H,(H2,13,14). The second-order valence-corrected chi connectivity index (χ2v) is 5.35. The molecule has 0 fully saturated rings. The van der Waals surface area contributed by atoms with Crippen LogP contribution in [0.5, 0.6) is 5.75 Å². The molecule has 6 nitrogen and oxygen atoms in total. The Morgan fingerprint density at radius 3 is 2.44 bits per heavy atom. The Bertz CT molecular complexity index is 623. The smallest absolute Gasteiger partial charge is 0.402 e. The number of hydrogen-bond acceptors (Lipinski definition) is 6. The van der Waals surface area contributed by atoms with Crippen molar-refractivity contribution in [2.75, 3.05) is 5.73 Å². The summed E-state index contributed by atoms with van der Waals surface area (Å²) in [6.45, 7) is 0. The van der Waals surface area contributed by atoms with Gasteiger partial charge in [-0.05, 0) is 0 Å². The Morgan fingerprint density at radius 1 is 1.50 bits per heavy atom. The molecule has 0 saturated heterocycles. The lowest BCUT2D eigenvalue weighted by atomic mass is 10.3. The van der Waals surface area contributed by atoms with Crippen LogP contribution in [-0.4, -0.2) is 19.8 Å². The van der Waals surface area contributed by atoms with Gasteiger partial charge in [-0.3, -0.25) is 0 Å². The summed E-state index contributed by atoms with van der Waals surface area (Å²) < 4.78 is 61.5. The van der Waals surface area contributed by atoms with Crippen LogP contribution in [0.1, 0.15) is 5.69 Å². The predicted molar refractivity (Wildman–Crippen MR) is 53.1 cm³/mol. The van der Waals surface area contributed by atoms with E-state index < -0.39 is 37.6 Å². The summed E-state index contributed by atoms with van der Waals surface area (Å²) in [5.74, 6) is -1.84. The molecule has 0 aliphatic carbocycles. The Balaban J connectivity index is 3.46. The lowest BCUT2D eigenvalue weighted by Gasteiger charge is -2.11. The number of nitrogens with zero attached hydrogens (tertiary/aromatic N) is 2. The zero-order valence-electron chi connectivity index (χ0n) is 8.19. The number of hydrogen-bond donors (Lipinski definition) is 1. The molecule has 18 heavy (non-hydrogen) atoms. The third-order valence-corrected chi connectivity index (χ3v) is 2.91. The number of nitriles is 1. The molecule has 0 aliphatic rings. The van der Waals surface area contributed by atoms with Gasteiger partial charge in [0.25, 0.3) is 9.05 Å². The second kappa shape index (κ2) is 4.51. The molecule has 1 heterocycles. The Labute approximate surface area is 103 Å². The van der Waals surface area contributed by atoms with Gasteiger partial charge in [-0.2, -0.15) is 5.26 Å². The molecule has 0 saturated carbocycles. The summed E-state index contributed by atoms with van der Waals surface area (Å²) in [5.41, 5.74) is 4.37. The van der Waals surface area contributed by atoms with Crippen molar-refractivity contribution in [2.24, 2.45) is 0 Å². The second-order valence-electron chi connectivity index (χ2n) is 2.82. The van der Waals surface area contributed by atoms with Gasteiger partial charge >= 0.3 is 6.36 Å².